The lowest BCUT2D eigenvalue weighted by Crippen LogP contribution is -2.26. The molecule has 0 saturated heterocycles. The predicted octanol–water partition coefficient (Wildman–Crippen LogP) is 4.76. The monoisotopic (exact) mass is 434 g/mol. The van der Waals surface area contributed by atoms with Gasteiger partial charge in [-0.05, 0) is 52.1 Å². The number of anilines is 1. The third kappa shape index (κ3) is 4.18. The van der Waals surface area contributed by atoms with Gasteiger partial charge in [-0.15, -0.1) is 11.3 Å². The lowest BCUT2D eigenvalue weighted by atomic mass is 9.72. The molecule has 5 nitrogen and oxygen atoms in total. The van der Waals surface area contributed by atoms with E-state index in [1.54, 1.807) is 22.2 Å². The van der Waals surface area contributed by atoms with Crippen molar-refractivity contribution in [2.75, 3.05) is 5.32 Å². The number of fused-ring (bicyclic) bond motifs is 1. The molecule has 0 spiro atoms. The van der Waals surface area contributed by atoms with Gasteiger partial charge in [0.15, 0.2) is 0 Å². The Balaban J connectivity index is 1.70. The highest BCUT2D eigenvalue weighted by Gasteiger charge is 2.32. The normalized spacial score (nSPS) is 16.8. The number of rotatable bonds is 4. The second-order valence-electron chi connectivity index (χ2n) is 7.85. The van der Waals surface area contributed by atoms with Crippen molar-refractivity contribution < 1.29 is 4.79 Å². The second kappa shape index (κ2) is 7.53. The van der Waals surface area contributed by atoms with Gasteiger partial charge >= 0.3 is 0 Å². The molecule has 1 aliphatic carbocycles. The fraction of sp³-hybridized carbons (Fsp3) is 0.526. The molecule has 138 valence electrons. The summed E-state index contributed by atoms with van der Waals surface area (Å²) in [5.41, 5.74) is 2.06. The summed E-state index contributed by atoms with van der Waals surface area (Å²) in [6.45, 7) is 7.34. The van der Waals surface area contributed by atoms with E-state index in [1.807, 2.05) is 6.20 Å². The molecule has 1 atom stereocenters. The number of nitriles is 1. The summed E-state index contributed by atoms with van der Waals surface area (Å²) in [5, 5.41) is 17.4. The maximum absolute atomic E-state index is 12.3. The molecule has 0 fully saturated rings. The van der Waals surface area contributed by atoms with Crippen molar-refractivity contribution in [2.45, 2.75) is 53.0 Å². The van der Waals surface area contributed by atoms with E-state index in [2.05, 4.69) is 53.2 Å². The number of nitrogens with zero attached hydrogens (tertiary/aromatic N) is 3. The molecule has 1 unspecified atom stereocenters. The summed E-state index contributed by atoms with van der Waals surface area (Å²) in [7, 11) is 0. The van der Waals surface area contributed by atoms with Gasteiger partial charge in [0, 0.05) is 24.0 Å². The van der Waals surface area contributed by atoms with Crippen LogP contribution in [0.5, 0.6) is 0 Å². The summed E-state index contributed by atoms with van der Waals surface area (Å²) in [4.78, 5) is 13.6. The Kier molecular flexibility index (Phi) is 5.54. The maximum Gasteiger partial charge on any atom is 0.226 e. The Morgan fingerprint density at radius 1 is 1.54 bits per heavy atom. The van der Waals surface area contributed by atoms with Crippen LogP contribution in [0.2, 0.25) is 0 Å². The van der Waals surface area contributed by atoms with E-state index in [9.17, 15) is 10.1 Å². The van der Waals surface area contributed by atoms with E-state index in [1.165, 1.54) is 4.88 Å². The predicted molar refractivity (Wildman–Crippen MR) is 107 cm³/mol. The van der Waals surface area contributed by atoms with Crippen molar-refractivity contribution >= 4 is 38.2 Å². The molecule has 3 rings (SSSR count). The molecule has 0 aromatic carbocycles. The largest absolute Gasteiger partial charge is 0.317 e. The first-order valence-corrected chi connectivity index (χ1v) is 10.4. The molecule has 0 radical (unpaired) electrons. The van der Waals surface area contributed by atoms with Crippen molar-refractivity contribution in [2.24, 2.45) is 11.3 Å². The minimum atomic E-state index is -0.0842. The molecular formula is C19H23BrN4OS. The number of hydrogen-bond acceptors (Lipinski definition) is 4. The smallest absolute Gasteiger partial charge is 0.226 e. The van der Waals surface area contributed by atoms with Crippen LogP contribution < -0.4 is 5.32 Å². The van der Waals surface area contributed by atoms with E-state index in [-0.39, 0.29) is 11.3 Å². The molecule has 2 aromatic heterocycles. The van der Waals surface area contributed by atoms with Crippen LogP contribution >= 0.6 is 27.3 Å². The van der Waals surface area contributed by atoms with Crippen LogP contribution in [0.25, 0.3) is 0 Å². The van der Waals surface area contributed by atoms with Gasteiger partial charge in [0.05, 0.1) is 16.2 Å². The highest BCUT2D eigenvalue weighted by Crippen LogP contribution is 2.43. The number of hydrogen-bond donors (Lipinski definition) is 1. The zero-order valence-corrected chi connectivity index (χ0v) is 17.7. The van der Waals surface area contributed by atoms with Crippen molar-refractivity contribution in [3.63, 3.8) is 0 Å². The fourth-order valence-corrected chi connectivity index (χ4v) is 5.02. The molecule has 0 bridgehead atoms. The third-order valence-corrected chi connectivity index (χ3v) is 6.60. The topological polar surface area (TPSA) is 70.7 Å². The highest BCUT2D eigenvalue weighted by molar-refractivity contribution is 9.10. The van der Waals surface area contributed by atoms with Gasteiger partial charge in [-0.25, -0.2) is 0 Å². The molecule has 7 heteroatoms. The van der Waals surface area contributed by atoms with Crippen molar-refractivity contribution in [1.82, 2.24) is 9.78 Å². The van der Waals surface area contributed by atoms with Gasteiger partial charge < -0.3 is 5.32 Å². The number of carbonyl (C=O) groups excluding carboxylic acids is 1. The average molecular weight is 435 g/mol. The van der Waals surface area contributed by atoms with E-state index < -0.39 is 0 Å². The molecule has 1 aliphatic rings. The van der Waals surface area contributed by atoms with Crippen LogP contribution in [0.4, 0.5) is 5.00 Å². The summed E-state index contributed by atoms with van der Waals surface area (Å²) in [6.07, 6.45) is 6.88. The molecule has 2 heterocycles. The van der Waals surface area contributed by atoms with Crippen LogP contribution in [-0.4, -0.2) is 15.7 Å². The van der Waals surface area contributed by atoms with E-state index >= 15 is 0 Å². The SMILES string of the molecule is CC(C)(C)C1CCc2c(sc(NC(=O)CCn3cc(Br)cn3)c2C#N)C1. The lowest BCUT2D eigenvalue weighted by Gasteiger charge is -2.33. The fourth-order valence-electron chi connectivity index (χ4n) is 3.40. The number of halogens is 1. The van der Waals surface area contributed by atoms with Gasteiger partial charge in [0.2, 0.25) is 5.91 Å². The van der Waals surface area contributed by atoms with E-state index in [0.29, 0.717) is 29.4 Å². The van der Waals surface area contributed by atoms with E-state index in [4.69, 9.17) is 0 Å². The number of thiophene rings is 1. The molecule has 1 N–H and O–H groups in total. The average Bonchev–Trinajstić information content (AvgIpc) is 3.14. The molecular weight excluding hydrogens is 412 g/mol. The molecule has 2 aromatic rings. The zero-order chi connectivity index (χ0) is 18.9. The molecule has 0 saturated carbocycles. The highest BCUT2D eigenvalue weighted by atomic mass is 79.9. The Hall–Kier alpha value is -1.65. The van der Waals surface area contributed by atoms with Crippen LogP contribution in [0, 0.1) is 22.7 Å². The zero-order valence-electron chi connectivity index (χ0n) is 15.3. The minimum absolute atomic E-state index is 0.0842. The number of aromatic nitrogens is 2. The minimum Gasteiger partial charge on any atom is -0.317 e. The molecule has 26 heavy (non-hydrogen) atoms. The molecule has 0 aliphatic heterocycles. The van der Waals surface area contributed by atoms with Crippen molar-refractivity contribution in [1.29, 1.82) is 5.26 Å². The van der Waals surface area contributed by atoms with Gasteiger partial charge in [0.1, 0.15) is 11.1 Å². The number of amides is 1. The van der Waals surface area contributed by atoms with Crippen LogP contribution in [0.15, 0.2) is 16.9 Å². The number of nitrogens with one attached hydrogen (secondary N) is 1. The standard InChI is InChI=1S/C19H23BrN4OS/c1-19(2,3)12-4-5-14-15(9-21)18(26-16(14)8-12)23-17(25)6-7-24-11-13(20)10-22-24/h10-12H,4-8H2,1-3H3,(H,23,25). The lowest BCUT2D eigenvalue weighted by molar-refractivity contribution is -0.116. The molecule has 1 amide bonds. The first-order chi connectivity index (χ1) is 12.3. The second-order valence-corrected chi connectivity index (χ2v) is 9.87. The van der Waals surface area contributed by atoms with Gasteiger partial charge in [-0.3, -0.25) is 9.48 Å². The quantitative estimate of drug-likeness (QED) is 0.753. The van der Waals surface area contributed by atoms with Crippen LogP contribution in [0.1, 0.15) is 49.6 Å². The van der Waals surface area contributed by atoms with E-state index in [0.717, 1.165) is 29.3 Å². The summed E-state index contributed by atoms with van der Waals surface area (Å²) < 4.78 is 2.62. The summed E-state index contributed by atoms with van der Waals surface area (Å²) in [5.74, 6) is 0.529. The Labute approximate surface area is 166 Å². The number of aryl methyl sites for hydroxylation is 1. The van der Waals surface area contributed by atoms with Crippen LogP contribution in [0.3, 0.4) is 0 Å². The Morgan fingerprint density at radius 3 is 2.92 bits per heavy atom. The first-order valence-electron chi connectivity index (χ1n) is 8.80. The maximum atomic E-state index is 12.3. The van der Waals surface area contributed by atoms with Gasteiger partial charge in [0.25, 0.3) is 0 Å². The Bertz CT molecular complexity index is 856. The third-order valence-electron chi connectivity index (χ3n) is 5.02. The van der Waals surface area contributed by atoms with Gasteiger partial charge in [-0.2, -0.15) is 10.4 Å². The summed E-state index contributed by atoms with van der Waals surface area (Å²) in [6, 6.07) is 2.31. The number of carbonyl (C=O) groups is 1. The van der Waals surface area contributed by atoms with Crippen LogP contribution in [-0.2, 0) is 24.2 Å². The first kappa shape index (κ1) is 19.1. The summed E-state index contributed by atoms with van der Waals surface area (Å²) >= 11 is 4.92. The van der Waals surface area contributed by atoms with Gasteiger partial charge in [-0.1, -0.05) is 20.8 Å². The Morgan fingerprint density at radius 2 is 2.31 bits per heavy atom. The van der Waals surface area contributed by atoms with Crippen molar-refractivity contribution in [3.8, 4) is 6.07 Å². The van der Waals surface area contributed by atoms with Crippen molar-refractivity contribution in [3.05, 3.63) is 32.9 Å².